The molecule has 2 heterocycles. The fraction of sp³-hybridized carbons (Fsp3) is 0.667. The van der Waals surface area contributed by atoms with E-state index in [1.165, 1.54) is 11.8 Å². The first-order valence-electron chi connectivity index (χ1n) is 6.46. The van der Waals surface area contributed by atoms with E-state index in [0.717, 1.165) is 4.90 Å². The number of piperazine rings is 1. The summed E-state index contributed by atoms with van der Waals surface area (Å²) < 4.78 is 0. The highest BCUT2D eigenvalue weighted by atomic mass is 16.4. The van der Waals surface area contributed by atoms with Crippen LogP contribution in [0.15, 0.2) is 0 Å². The zero-order valence-electron chi connectivity index (χ0n) is 11.3. The molecule has 2 fully saturated rings. The van der Waals surface area contributed by atoms with Crippen molar-refractivity contribution in [1.29, 1.82) is 0 Å². The predicted molar refractivity (Wildman–Crippen MR) is 66.6 cm³/mol. The molecule has 110 valence electrons. The van der Waals surface area contributed by atoms with Crippen molar-refractivity contribution >= 4 is 23.8 Å². The summed E-state index contributed by atoms with van der Waals surface area (Å²) in [5, 5.41) is 11.4. The Hall–Kier alpha value is -2.12. The number of likely N-dealkylation sites (tertiary alicyclic amines) is 1. The molecule has 2 aliphatic heterocycles. The fourth-order valence-corrected chi connectivity index (χ4v) is 2.65. The van der Waals surface area contributed by atoms with Gasteiger partial charge in [0.05, 0.1) is 0 Å². The fourth-order valence-electron chi connectivity index (χ4n) is 2.65. The molecule has 0 bridgehead atoms. The van der Waals surface area contributed by atoms with Gasteiger partial charge in [-0.1, -0.05) is 6.92 Å². The highest BCUT2D eigenvalue weighted by Gasteiger charge is 2.44. The maximum absolute atomic E-state index is 12.4. The maximum atomic E-state index is 12.4. The van der Waals surface area contributed by atoms with Gasteiger partial charge in [-0.25, -0.2) is 9.59 Å². The van der Waals surface area contributed by atoms with E-state index in [0.29, 0.717) is 13.0 Å². The number of carbonyl (C=O) groups is 4. The Labute approximate surface area is 115 Å². The summed E-state index contributed by atoms with van der Waals surface area (Å²) in [5.41, 5.74) is 0. The van der Waals surface area contributed by atoms with Gasteiger partial charge in [-0.3, -0.25) is 14.9 Å². The van der Waals surface area contributed by atoms with Crippen molar-refractivity contribution in [3.63, 3.8) is 0 Å². The third-order valence-electron chi connectivity index (χ3n) is 3.87. The Kier molecular flexibility index (Phi) is 3.65. The first-order valence-corrected chi connectivity index (χ1v) is 6.46. The highest BCUT2D eigenvalue weighted by Crippen LogP contribution is 2.26. The lowest BCUT2D eigenvalue weighted by atomic mass is 10.0. The van der Waals surface area contributed by atoms with Gasteiger partial charge in [-0.2, -0.15) is 0 Å². The van der Waals surface area contributed by atoms with Gasteiger partial charge in [0.2, 0.25) is 11.8 Å². The van der Waals surface area contributed by atoms with Gasteiger partial charge in [0.1, 0.15) is 18.6 Å². The van der Waals surface area contributed by atoms with Crippen LogP contribution < -0.4 is 5.32 Å². The largest absolute Gasteiger partial charge is 0.480 e. The number of hydrogen-bond donors (Lipinski definition) is 2. The van der Waals surface area contributed by atoms with Gasteiger partial charge in [0, 0.05) is 6.54 Å². The van der Waals surface area contributed by atoms with Crippen LogP contribution in [-0.4, -0.2) is 63.9 Å². The summed E-state index contributed by atoms with van der Waals surface area (Å²) in [6.45, 7) is 3.36. The number of urea groups is 1. The monoisotopic (exact) mass is 283 g/mol. The van der Waals surface area contributed by atoms with Crippen LogP contribution in [0.25, 0.3) is 0 Å². The van der Waals surface area contributed by atoms with Crippen LogP contribution in [0.2, 0.25) is 0 Å². The molecule has 0 aromatic carbocycles. The zero-order chi connectivity index (χ0) is 15.0. The van der Waals surface area contributed by atoms with Gasteiger partial charge in [-0.05, 0) is 19.3 Å². The summed E-state index contributed by atoms with van der Waals surface area (Å²) >= 11 is 0. The van der Waals surface area contributed by atoms with Crippen LogP contribution in [0.3, 0.4) is 0 Å². The van der Waals surface area contributed by atoms with Crippen LogP contribution in [0.4, 0.5) is 4.79 Å². The second-order valence-corrected chi connectivity index (χ2v) is 5.24. The van der Waals surface area contributed by atoms with E-state index in [1.807, 2.05) is 0 Å². The summed E-state index contributed by atoms with van der Waals surface area (Å²) in [6.07, 6.45) is 0.588. The summed E-state index contributed by atoms with van der Waals surface area (Å²) in [5.74, 6) is -2.32. The molecule has 2 rings (SSSR count). The average molecular weight is 283 g/mol. The molecule has 3 atom stereocenters. The molecule has 0 radical (unpaired) electrons. The molecule has 0 aromatic heterocycles. The number of amides is 4. The molecule has 4 amide bonds. The Bertz CT molecular complexity index is 478. The smallest absolute Gasteiger partial charge is 0.326 e. The molecule has 0 spiro atoms. The Balaban J connectivity index is 2.20. The molecule has 8 heteroatoms. The van der Waals surface area contributed by atoms with Gasteiger partial charge in [0.15, 0.2) is 0 Å². The summed E-state index contributed by atoms with van der Waals surface area (Å²) in [4.78, 5) is 49.0. The van der Waals surface area contributed by atoms with Crippen molar-refractivity contribution in [2.45, 2.75) is 32.4 Å². The topological polar surface area (TPSA) is 107 Å². The van der Waals surface area contributed by atoms with Crippen LogP contribution >= 0.6 is 0 Å². The van der Waals surface area contributed by atoms with E-state index in [2.05, 4.69) is 5.32 Å². The Morgan fingerprint density at radius 3 is 2.50 bits per heavy atom. The minimum absolute atomic E-state index is 0.152. The molecule has 2 saturated heterocycles. The van der Waals surface area contributed by atoms with E-state index in [1.54, 1.807) is 6.92 Å². The van der Waals surface area contributed by atoms with Crippen LogP contribution in [0.1, 0.15) is 20.3 Å². The van der Waals surface area contributed by atoms with E-state index < -0.39 is 35.9 Å². The number of carboxylic acids is 1. The first-order chi connectivity index (χ1) is 9.32. The van der Waals surface area contributed by atoms with Gasteiger partial charge in [-0.15, -0.1) is 0 Å². The summed E-state index contributed by atoms with van der Waals surface area (Å²) in [7, 11) is 0. The van der Waals surface area contributed by atoms with Crippen molar-refractivity contribution in [2.75, 3.05) is 13.1 Å². The van der Waals surface area contributed by atoms with E-state index >= 15 is 0 Å². The molecule has 2 N–H and O–H groups in total. The molecule has 0 aromatic rings. The van der Waals surface area contributed by atoms with Crippen LogP contribution in [0, 0.1) is 5.92 Å². The Morgan fingerprint density at radius 1 is 1.25 bits per heavy atom. The van der Waals surface area contributed by atoms with Crippen molar-refractivity contribution in [2.24, 2.45) is 5.92 Å². The minimum Gasteiger partial charge on any atom is -0.480 e. The van der Waals surface area contributed by atoms with E-state index in [9.17, 15) is 24.3 Å². The van der Waals surface area contributed by atoms with E-state index in [4.69, 9.17) is 0 Å². The number of carbonyl (C=O) groups excluding carboxylic acids is 3. The highest BCUT2D eigenvalue weighted by molar-refractivity contribution is 6.04. The Morgan fingerprint density at radius 2 is 1.90 bits per heavy atom. The van der Waals surface area contributed by atoms with Crippen molar-refractivity contribution in [3.05, 3.63) is 0 Å². The molecule has 2 aliphatic rings. The lowest BCUT2D eigenvalue weighted by molar-refractivity contribution is -0.142. The number of imide groups is 1. The third-order valence-corrected chi connectivity index (χ3v) is 3.87. The first kappa shape index (κ1) is 14.3. The molecule has 8 nitrogen and oxygen atoms in total. The molecule has 0 saturated carbocycles. The molecule has 20 heavy (non-hydrogen) atoms. The minimum atomic E-state index is -1.07. The molecule has 3 unspecified atom stereocenters. The second kappa shape index (κ2) is 5.10. The van der Waals surface area contributed by atoms with Gasteiger partial charge < -0.3 is 14.9 Å². The standard InChI is InChI=1S/C12H17N3O5/c1-6-3-4-14(9(6)11(18)19)12(20)15-5-8(16)13-10(17)7(15)2/h6-7,9H,3-5H2,1-2H3,(H,18,19)(H,13,16,17). The van der Waals surface area contributed by atoms with Crippen LogP contribution in [0.5, 0.6) is 0 Å². The number of carboxylic acid groups (broad SMARTS) is 1. The van der Waals surface area contributed by atoms with Crippen LogP contribution in [-0.2, 0) is 14.4 Å². The molecular weight excluding hydrogens is 266 g/mol. The number of nitrogens with one attached hydrogen (secondary N) is 1. The SMILES string of the molecule is CC1CCN(C(=O)N2CC(=O)NC(=O)C2C)C1C(=O)O. The lowest BCUT2D eigenvalue weighted by Crippen LogP contribution is -2.62. The average Bonchev–Trinajstić information content (AvgIpc) is 2.75. The zero-order valence-corrected chi connectivity index (χ0v) is 11.3. The van der Waals surface area contributed by atoms with Crippen molar-refractivity contribution < 1.29 is 24.3 Å². The number of nitrogens with zero attached hydrogens (tertiary/aromatic N) is 2. The molecule has 0 aliphatic carbocycles. The third kappa shape index (κ3) is 2.33. The number of aliphatic carboxylic acids is 1. The van der Waals surface area contributed by atoms with E-state index in [-0.39, 0.29) is 12.5 Å². The number of hydrogen-bond acceptors (Lipinski definition) is 4. The normalized spacial score (nSPS) is 30.4. The summed E-state index contributed by atoms with van der Waals surface area (Å²) in [6, 6.07) is -2.27. The second-order valence-electron chi connectivity index (χ2n) is 5.24. The van der Waals surface area contributed by atoms with Crippen molar-refractivity contribution in [3.8, 4) is 0 Å². The molecular formula is C12H17N3O5. The number of rotatable bonds is 1. The van der Waals surface area contributed by atoms with Gasteiger partial charge in [0.25, 0.3) is 0 Å². The maximum Gasteiger partial charge on any atom is 0.326 e. The lowest BCUT2D eigenvalue weighted by Gasteiger charge is -2.36. The van der Waals surface area contributed by atoms with Gasteiger partial charge >= 0.3 is 12.0 Å². The van der Waals surface area contributed by atoms with Crippen molar-refractivity contribution in [1.82, 2.24) is 15.1 Å². The predicted octanol–water partition coefficient (Wildman–Crippen LogP) is -0.752. The quantitative estimate of drug-likeness (QED) is 0.616.